The largest absolute Gasteiger partial charge is 0.296 e. The molecule has 0 aromatic carbocycles. The zero-order chi connectivity index (χ0) is 19.6. The Morgan fingerprint density at radius 3 is 2.66 bits per heavy atom. The molecule has 5 aromatic rings. The molecule has 1 N–H and O–H groups in total. The van der Waals surface area contributed by atoms with E-state index in [0.717, 1.165) is 22.3 Å². The highest BCUT2D eigenvalue weighted by molar-refractivity contribution is 7.14. The summed E-state index contributed by atoms with van der Waals surface area (Å²) < 4.78 is 1.70. The molecule has 0 bridgehead atoms. The number of nitrogens with one attached hydrogen (secondary N) is 1. The molecule has 0 saturated heterocycles. The zero-order valence-electron chi connectivity index (χ0n) is 14.9. The molecular formula is C20H13N7OS. The van der Waals surface area contributed by atoms with E-state index in [1.54, 1.807) is 47.8 Å². The monoisotopic (exact) mass is 399 g/mol. The van der Waals surface area contributed by atoms with E-state index in [2.05, 4.69) is 30.2 Å². The maximum absolute atomic E-state index is 12.7. The number of nitrogens with zero attached hydrogens (tertiary/aromatic N) is 6. The van der Waals surface area contributed by atoms with Gasteiger partial charge in [-0.25, -0.2) is 15.0 Å². The Hall–Kier alpha value is -3.98. The quantitative estimate of drug-likeness (QED) is 0.496. The second kappa shape index (κ2) is 7.21. The summed E-state index contributed by atoms with van der Waals surface area (Å²) in [6.45, 7) is 0. The van der Waals surface area contributed by atoms with E-state index in [4.69, 9.17) is 0 Å². The van der Waals surface area contributed by atoms with Gasteiger partial charge in [0.05, 0.1) is 35.6 Å². The number of hydrogen-bond donors (Lipinski definition) is 1. The molecule has 29 heavy (non-hydrogen) atoms. The predicted molar refractivity (Wildman–Crippen MR) is 110 cm³/mol. The van der Waals surface area contributed by atoms with Gasteiger partial charge in [0.15, 0.2) is 5.13 Å². The molecule has 0 radical (unpaired) electrons. The van der Waals surface area contributed by atoms with Crippen LogP contribution in [0.2, 0.25) is 0 Å². The Morgan fingerprint density at radius 2 is 1.76 bits per heavy atom. The van der Waals surface area contributed by atoms with E-state index in [1.807, 2.05) is 23.6 Å². The first kappa shape index (κ1) is 17.1. The molecule has 0 saturated carbocycles. The topological polar surface area (TPSA) is 98.5 Å². The minimum atomic E-state index is -0.295. The summed E-state index contributed by atoms with van der Waals surface area (Å²) in [7, 11) is 0. The summed E-state index contributed by atoms with van der Waals surface area (Å²) in [5.74, 6) is -0.295. The van der Waals surface area contributed by atoms with Crippen LogP contribution in [0.4, 0.5) is 5.13 Å². The number of carbonyl (C=O) groups excluding carboxylic acids is 1. The average Bonchev–Trinajstić information content (AvgIpc) is 3.44. The summed E-state index contributed by atoms with van der Waals surface area (Å²) >= 11 is 1.34. The van der Waals surface area contributed by atoms with Gasteiger partial charge in [-0.2, -0.15) is 0 Å². The highest BCUT2D eigenvalue weighted by Gasteiger charge is 2.15. The first-order chi connectivity index (χ1) is 14.3. The number of fused-ring (bicyclic) bond motifs is 1. The number of amides is 1. The number of imidazole rings is 1. The number of rotatable bonds is 4. The Balaban J connectivity index is 1.39. The molecule has 0 fully saturated rings. The van der Waals surface area contributed by atoms with Crippen LogP contribution >= 0.6 is 11.3 Å². The zero-order valence-corrected chi connectivity index (χ0v) is 15.7. The van der Waals surface area contributed by atoms with Crippen molar-refractivity contribution < 1.29 is 4.79 Å². The van der Waals surface area contributed by atoms with Crippen molar-refractivity contribution in [3.8, 4) is 17.1 Å². The van der Waals surface area contributed by atoms with Crippen LogP contribution in [-0.2, 0) is 0 Å². The third-order valence-electron chi connectivity index (χ3n) is 4.29. The van der Waals surface area contributed by atoms with Crippen molar-refractivity contribution in [1.29, 1.82) is 0 Å². The molecule has 9 heteroatoms. The molecule has 0 spiro atoms. The van der Waals surface area contributed by atoms with Gasteiger partial charge in [-0.05, 0) is 24.3 Å². The SMILES string of the molecule is O=C(Nc1nc(-c2ccc3ccncc3n2)cs1)c1cncn1-c1ccncc1. The van der Waals surface area contributed by atoms with Gasteiger partial charge in [-0.1, -0.05) is 6.07 Å². The fraction of sp³-hybridized carbons (Fsp3) is 0. The molecule has 8 nitrogen and oxygen atoms in total. The number of pyridine rings is 3. The highest BCUT2D eigenvalue weighted by atomic mass is 32.1. The number of hydrogen-bond acceptors (Lipinski definition) is 7. The minimum Gasteiger partial charge on any atom is -0.296 e. The fourth-order valence-electron chi connectivity index (χ4n) is 2.89. The lowest BCUT2D eigenvalue weighted by Crippen LogP contribution is -2.16. The van der Waals surface area contributed by atoms with Gasteiger partial charge in [0.25, 0.3) is 5.91 Å². The Labute approximate surface area is 169 Å². The Bertz CT molecular complexity index is 1310. The molecule has 0 aliphatic rings. The second-order valence-corrected chi connectivity index (χ2v) is 6.97. The van der Waals surface area contributed by atoms with Crippen molar-refractivity contribution in [3.63, 3.8) is 0 Å². The average molecular weight is 399 g/mol. The van der Waals surface area contributed by atoms with Crippen molar-refractivity contribution in [2.24, 2.45) is 0 Å². The van der Waals surface area contributed by atoms with Gasteiger partial charge in [0.1, 0.15) is 11.4 Å². The van der Waals surface area contributed by atoms with Gasteiger partial charge in [-0.3, -0.25) is 24.6 Å². The lowest BCUT2D eigenvalue weighted by atomic mass is 10.2. The van der Waals surface area contributed by atoms with Gasteiger partial charge >= 0.3 is 0 Å². The first-order valence-corrected chi connectivity index (χ1v) is 9.57. The normalized spacial score (nSPS) is 10.9. The van der Waals surface area contributed by atoms with Crippen LogP contribution in [0.3, 0.4) is 0 Å². The van der Waals surface area contributed by atoms with E-state index in [-0.39, 0.29) is 5.91 Å². The van der Waals surface area contributed by atoms with E-state index < -0.39 is 0 Å². The highest BCUT2D eigenvalue weighted by Crippen LogP contribution is 2.25. The van der Waals surface area contributed by atoms with E-state index in [9.17, 15) is 4.79 Å². The minimum absolute atomic E-state index is 0.295. The standard InChI is InChI=1S/C20H13N7OS/c28-19(18-10-23-12-27(18)14-4-7-21-8-5-14)26-20-25-17(11-29-20)15-2-1-13-3-6-22-9-16(13)24-15/h1-12H,(H,25,26,28). The lowest BCUT2D eigenvalue weighted by molar-refractivity contribution is 0.102. The summed E-state index contributed by atoms with van der Waals surface area (Å²) in [4.78, 5) is 34.0. The van der Waals surface area contributed by atoms with Crippen molar-refractivity contribution in [2.75, 3.05) is 5.32 Å². The van der Waals surface area contributed by atoms with Gasteiger partial charge in [0.2, 0.25) is 0 Å². The second-order valence-electron chi connectivity index (χ2n) is 6.11. The van der Waals surface area contributed by atoms with Crippen LogP contribution in [0.15, 0.2) is 73.0 Å². The molecule has 5 aromatic heterocycles. The van der Waals surface area contributed by atoms with Crippen LogP contribution < -0.4 is 5.32 Å². The van der Waals surface area contributed by atoms with Crippen LogP contribution in [0.1, 0.15) is 10.5 Å². The molecule has 140 valence electrons. The summed E-state index contributed by atoms with van der Waals surface area (Å²) in [6, 6.07) is 9.40. The molecule has 0 atom stereocenters. The molecular weight excluding hydrogens is 386 g/mol. The van der Waals surface area contributed by atoms with Gasteiger partial charge in [0, 0.05) is 29.4 Å². The molecule has 0 aliphatic heterocycles. The molecule has 5 rings (SSSR count). The number of anilines is 1. The Kier molecular flexibility index (Phi) is 4.26. The molecule has 0 unspecified atom stereocenters. The summed E-state index contributed by atoms with van der Waals surface area (Å²) in [5.41, 5.74) is 3.42. The van der Waals surface area contributed by atoms with Crippen molar-refractivity contribution in [2.45, 2.75) is 0 Å². The third-order valence-corrected chi connectivity index (χ3v) is 5.05. The van der Waals surface area contributed by atoms with Gasteiger partial charge in [-0.15, -0.1) is 11.3 Å². The van der Waals surface area contributed by atoms with E-state index in [0.29, 0.717) is 16.5 Å². The maximum atomic E-state index is 12.7. The first-order valence-electron chi connectivity index (χ1n) is 8.69. The number of carbonyl (C=O) groups is 1. The lowest BCUT2D eigenvalue weighted by Gasteiger charge is -2.07. The fourth-order valence-corrected chi connectivity index (χ4v) is 3.59. The third kappa shape index (κ3) is 3.34. The van der Waals surface area contributed by atoms with Gasteiger partial charge < -0.3 is 0 Å². The van der Waals surface area contributed by atoms with E-state index >= 15 is 0 Å². The molecule has 1 amide bonds. The summed E-state index contributed by atoms with van der Waals surface area (Å²) in [6.07, 6.45) is 9.88. The maximum Gasteiger partial charge on any atom is 0.276 e. The number of aromatic nitrogens is 6. The summed E-state index contributed by atoms with van der Waals surface area (Å²) in [5, 5.41) is 6.19. The van der Waals surface area contributed by atoms with Crippen LogP contribution in [0.25, 0.3) is 28.0 Å². The smallest absolute Gasteiger partial charge is 0.276 e. The molecule has 0 aliphatic carbocycles. The molecule has 5 heterocycles. The Morgan fingerprint density at radius 1 is 0.897 bits per heavy atom. The van der Waals surface area contributed by atoms with Crippen molar-refractivity contribution in [1.82, 2.24) is 29.5 Å². The van der Waals surface area contributed by atoms with Crippen LogP contribution in [0.5, 0.6) is 0 Å². The predicted octanol–water partition coefficient (Wildman–Crippen LogP) is 3.59. The van der Waals surface area contributed by atoms with Crippen molar-refractivity contribution in [3.05, 3.63) is 78.7 Å². The number of thiazole rings is 1. The van der Waals surface area contributed by atoms with Crippen LogP contribution in [-0.4, -0.2) is 35.4 Å². The van der Waals surface area contributed by atoms with Crippen LogP contribution in [0, 0.1) is 0 Å². The van der Waals surface area contributed by atoms with Crippen molar-refractivity contribution >= 4 is 33.3 Å². The van der Waals surface area contributed by atoms with E-state index in [1.165, 1.54) is 17.5 Å².